The standard InChI is InChI=1S/C23H30N2O.ClH/c1-18-12-13-20(23(2,3)19-10-6-4-7-11-19)21(16-18)24-22(26)17-25-14-8-5-9-15-25;/h4-11,14-15,18,20-21H,12-13,16-17H2,1-3H3;1H/t18-,20-,21-;/m1./s1. The molecule has 3 rings (SSSR count). The third-order valence-corrected chi connectivity index (χ3v) is 6.01. The average Bonchev–Trinajstić information content (AvgIpc) is 2.63. The maximum absolute atomic E-state index is 12.7. The molecule has 1 aliphatic carbocycles. The molecular weight excluding hydrogens is 356 g/mol. The largest absolute Gasteiger partial charge is 1.00 e. The molecule has 0 unspecified atom stereocenters. The van der Waals surface area contributed by atoms with Gasteiger partial charge in [-0.15, -0.1) is 0 Å². The highest BCUT2D eigenvalue weighted by molar-refractivity contribution is 5.74. The molecule has 3 atom stereocenters. The van der Waals surface area contributed by atoms with Crippen LogP contribution in [0.15, 0.2) is 60.9 Å². The summed E-state index contributed by atoms with van der Waals surface area (Å²) < 4.78 is 1.93. The Morgan fingerprint density at radius 2 is 1.70 bits per heavy atom. The van der Waals surface area contributed by atoms with Crippen molar-refractivity contribution in [3.05, 3.63) is 66.5 Å². The molecule has 1 saturated carbocycles. The number of halogens is 1. The summed E-state index contributed by atoms with van der Waals surface area (Å²) in [5.41, 5.74) is 1.40. The molecule has 1 aliphatic rings. The Kier molecular flexibility index (Phi) is 7.43. The van der Waals surface area contributed by atoms with Crippen molar-refractivity contribution in [3.8, 4) is 0 Å². The zero-order chi connectivity index (χ0) is 18.6. The molecule has 1 amide bonds. The van der Waals surface area contributed by atoms with Gasteiger partial charge in [0.1, 0.15) is 0 Å². The van der Waals surface area contributed by atoms with Gasteiger partial charge in [0.15, 0.2) is 12.4 Å². The van der Waals surface area contributed by atoms with Gasteiger partial charge < -0.3 is 17.7 Å². The molecule has 0 saturated heterocycles. The lowest BCUT2D eigenvalue weighted by Gasteiger charge is -2.44. The van der Waals surface area contributed by atoms with Crippen LogP contribution in [0.3, 0.4) is 0 Å². The number of carbonyl (C=O) groups is 1. The highest BCUT2D eigenvalue weighted by atomic mass is 35.5. The number of hydrogen-bond acceptors (Lipinski definition) is 1. The molecule has 0 spiro atoms. The molecule has 146 valence electrons. The number of benzene rings is 1. The Balaban J connectivity index is 0.00000261. The van der Waals surface area contributed by atoms with E-state index in [9.17, 15) is 4.79 Å². The van der Waals surface area contributed by atoms with Crippen molar-refractivity contribution in [2.45, 2.75) is 58.0 Å². The van der Waals surface area contributed by atoms with Crippen LogP contribution in [0.25, 0.3) is 0 Å². The molecule has 3 nitrogen and oxygen atoms in total. The van der Waals surface area contributed by atoms with Crippen molar-refractivity contribution >= 4 is 5.91 Å². The van der Waals surface area contributed by atoms with Crippen LogP contribution in [0.1, 0.15) is 45.6 Å². The molecule has 4 heteroatoms. The maximum atomic E-state index is 12.7. The van der Waals surface area contributed by atoms with Crippen molar-refractivity contribution in [3.63, 3.8) is 0 Å². The van der Waals surface area contributed by atoms with Crippen LogP contribution in [0, 0.1) is 11.8 Å². The normalized spacial score (nSPS) is 22.6. The summed E-state index contributed by atoms with van der Waals surface area (Å²) in [6.07, 6.45) is 7.34. The van der Waals surface area contributed by atoms with Gasteiger partial charge in [0.05, 0.1) is 0 Å². The van der Waals surface area contributed by atoms with Crippen LogP contribution in [0.4, 0.5) is 0 Å². The molecule has 1 heterocycles. The van der Waals surface area contributed by atoms with Gasteiger partial charge in [0, 0.05) is 18.2 Å². The SMILES string of the molecule is C[C@@H]1CC[C@@H](C(C)(C)c2ccccc2)[C@H](NC(=O)C[n+]2ccccc2)C1.[Cl-]. The van der Waals surface area contributed by atoms with Crippen LogP contribution in [0.2, 0.25) is 0 Å². The van der Waals surface area contributed by atoms with Crippen LogP contribution in [0.5, 0.6) is 0 Å². The summed E-state index contributed by atoms with van der Waals surface area (Å²) in [4.78, 5) is 12.7. The van der Waals surface area contributed by atoms with Crippen LogP contribution in [-0.2, 0) is 16.8 Å². The molecule has 27 heavy (non-hydrogen) atoms. The lowest BCUT2D eigenvalue weighted by molar-refractivity contribution is -0.684. The Labute approximate surface area is 169 Å². The number of hydrogen-bond donors (Lipinski definition) is 1. The quantitative estimate of drug-likeness (QED) is 0.760. The van der Waals surface area contributed by atoms with E-state index in [0.29, 0.717) is 18.4 Å². The first-order valence-electron chi connectivity index (χ1n) is 9.76. The van der Waals surface area contributed by atoms with Crippen molar-refractivity contribution in [1.29, 1.82) is 0 Å². The van der Waals surface area contributed by atoms with Gasteiger partial charge in [-0.1, -0.05) is 63.6 Å². The number of nitrogens with one attached hydrogen (secondary N) is 1. The number of pyridine rings is 1. The molecule has 1 aromatic carbocycles. The minimum Gasteiger partial charge on any atom is -1.00 e. The van der Waals surface area contributed by atoms with E-state index in [2.05, 4.69) is 56.4 Å². The van der Waals surface area contributed by atoms with E-state index in [0.717, 1.165) is 12.8 Å². The van der Waals surface area contributed by atoms with Crippen molar-refractivity contribution < 1.29 is 21.8 Å². The van der Waals surface area contributed by atoms with Gasteiger partial charge >= 0.3 is 0 Å². The fraction of sp³-hybridized carbons (Fsp3) is 0.478. The Morgan fingerprint density at radius 1 is 1.07 bits per heavy atom. The monoisotopic (exact) mass is 386 g/mol. The lowest BCUT2D eigenvalue weighted by Crippen LogP contribution is -3.00. The van der Waals surface area contributed by atoms with Gasteiger partial charge in [0.25, 0.3) is 5.91 Å². The summed E-state index contributed by atoms with van der Waals surface area (Å²) >= 11 is 0. The van der Waals surface area contributed by atoms with Gasteiger partial charge in [0.2, 0.25) is 6.54 Å². The molecule has 0 radical (unpaired) electrons. The highest BCUT2D eigenvalue weighted by Gasteiger charge is 2.40. The molecule has 1 N–H and O–H groups in total. The topological polar surface area (TPSA) is 33.0 Å². The van der Waals surface area contributed by atoms with E-state index < -0.39 is 0 Å². The van der Waals surface area contributed by atoms with E-state index in [-0.39, 0.29) is 29.8 Å². The summed E-state index contributed by atoms with van der Waals surface area (Å²) in [6, 6.07) is 16.8. The van der Waals surface area contributed by atoms with Crippen LogP contribution < -0.4 is 22.3 Å². The third-order valence-electron chi connectivity index (χ3n) is 6.01. The van der Waals surface area contributed by atoms with E-state index in [4.69, 9.17) is 0 Å². The Bertz CT molecular complexity index is 718. The molecule has 1 fully saturated rings. The van der Waals surface area contributed by atoms with Gasteiger partial charge in [-0.05, 0) is 35.7 Å². The molecule has 0 aliphatic heterocycles. The predicted molar refractivity (Wildman–Crippen MR) is 105 cm³/mol. The zero-order valence-electron chi connectivity index (χ0n) is 16.6. The average molecular weight is 387 g/mol. The zero-order valence-corrected chi connectivity index (χ0v) is 17.3. The van der Waals surface area contributed by atoms with Crippen molar-refractivity contribution in [2.75, 3.05) is 0 Å². The van der Waals surface area contributed by atoms with Crippen LogP contribution >= 0.6 is 0 Å². The van der Waals surface area contributed by atoms with E-state index in [1.165, 1.54) is 12.0 Å². The third kappa shape index (κ3) is 5.32. The minimum atomic E-state index is 0. The van der Waals surface area contributed by atoms with Crippen LogP contribution in [-0.4, -0.2) is 11.9 Å². The second-order valence-corrected chi connectivity index (χ2v) is 8.33. The molecule has 0 bridgehead atoms. The second kappa shape index (κ2) is 9.36. The first kappa shape index (κ1) is 21.4. The minimum absolute atomic E-state index is 0. The number of aromatic nitrogens is 1. The number of amides is 1. The first-order valence-corrected chi connectivity index (χ1v) is 9.76. The van der Waals surface area contributed by atoms with Gasteiger partial charge in [-0.3, -0.25) is 4.79 Å². The summed E-state index contributed by atoms with van der Waals surface area (Å²) in [7, 11) is 0. The van der Waals surface area contributed by atoms with Gasteiger partial charge in [-0.25, -0.2) is 0 Å². The summed E-state index contributed by atoms with van der Waals surface area (Å²) in [6.45, 7) is 7.34. The Hall–Kier alpha value is -1.87. The van der Waals surface area contributed by atoms with E-state index in [1.54, 1.807) is 0 Å². The molecule has 2 aromatic rings. The smallest absolute Gasteiger partial charge is 0.286 e. The fourth-order valence-electron chi connectivity index (χ4n) is 4.44. The van der Waals surface area contributed by atoms with E-state index in [1.807, 2.05) is 35.2 Å². The van der Waals surface area contributed by atoms with Crippen molar-refractivity contribution in [2.24, 2.45) is 11.8 Å². The maximum Gasteiger partial charge on any atom is 0.286 e. The van der Waals surface area contributed by atoms with Crippen molar-refractivity contribution in [1.82, 2.24) is 5.32 Å². The fourth-order valence-corrected chi connectivity index (χ4v) is 4.44. The summed E-state index contributed by atoms with van der Waals surface area (Å²) in [5.74, 6) is 1.22. The predicted octanol–water partition coefficient (Wildman–Crippen LogP) is 0.877. The first-order chi connectivity index (χ1) is 12.5. The number of nitrogens with zero attached hydrogens (tertiary/aromatic N) is 1. The van der Waals surface area contributed by atoms with Gasteiger partial charge in [-0.2, -0.15) is 4.57 Å². The second-order valence-electron chi connectivity index (χ2n) is 8.33. The highest BCUT2D eigenvalue weighted by Crippen LogP contribution is 2.42. The molecule has 1 aromatic heterocycles. The van der Waals surface area contributed by atoms with E-state index >= 15 is 0 Å². The number of rotatable bonds is 5. The lowest BCUT2D eigenvalue weighted by atomic mass is 9.63. The molecular formula is C23H31ClN2O. The number of carbonyl (C=O) groups excluding carboxylic acids is 1. The summed E-state index contributed by atoms with van der Waals surface area (Å²) in [5, 5.41) is 3.36. The Morgan fingerprint density at radius 3 is 2.37 bits per heavy atom.